The van der Waals surface area contributed by atoms with Crippen LogP contribution in [0.5, 0.6) is 5.75 Å². The van der Waals surface area contributed by atoms with Crippen LogP contribution in [0.25, 0.3) is 11.3 Å². The maximum Gasteiger partial charge on any atom is 0.422 e. The van der Waals surface area contributed by atoms with Crippen molar-refractivity contribution in [2.75, 3.05) is 11.5 Å². The highest BCUT2D eigenvalue weighted by atomic mass is 19.4. The molecule has 5 nitrogen and oxygen atoms in total. The number of nitrogens with zero attached hydrogens (tertiary/aromatic N) is 2. The number of rotatable bonds is 5. The largest absolute Gasteiger partial charge is 0.483 e. The Balaban J connectivity index is 1.66. The Kier molecular flexibility index (Phi) is 6.00. The minimum Gasteiger partial charge on any atom is -0.483 e. The number of para-hydroxylation sites is 1. The molecule has 11 heteroatoms. The minimum atomic E-state index is -4.89. The third-order valence-corrected chi connectivity index (χ3v) is 5.67. The highest BCUT2D eigenvalue weighted by Gasteiger charge is 2.51. The van der Waals surface area contributed by atoms with Gasteiger partial charge in [-0.25, -0.2) is 0 Å². The first kappa shape index (κ1) is 24.5. The summed E-state index contributed by atoms with van der Waals surface area (Å²) in [5.41, 5.74) is -1.97. The van der Waals surface area contributed by atoms with E-state index in [9.17, 15) is 36.2 Å². The van der Waals surface area contributed by atoms with E-state index in [4.69, 9.17) is 4.74 Å². The first-order valence-corrected chi connectivity index (χ1v) is 10.3. The summed E-state index contributed by atoms with van der Waals surface area (Å²) >= 11 is 0. The molecule has 3 aromatic rings. The first-order chi connectivity index (χ1) is 16.3. The van der Waals surface area contributed by atoms with Crippen LogP contribution in [-0.4, -0.2) is 35.0 Å². The number of carbonyl (C=O) groups excluding carboxylic acids is 1. The summed E-state index contributed by atoms with van der Waals surface area (Å²) in [6.07, 6.45) is -8.09. The van der Waals surface area contributed by atoms with Gasteiger partial charge in [0.1, 0.15) is 5.75 Å². The number of anilines is 1. The Morgan fingerprint density at radius 2 is 1.63 bits per heavy atom. The van der Waals surface area contributed by atoms with E-state index in [1.165, 1.54) is 47.5 Å². The summed E-state index contributed by atoms with van der Waals surface area (Å²) < 4.78 is 82.4. The molecule has 0 saturated heterocycles. The number of carbonyl (C=O) groups is 1. The van der Waals surface area contributed by atoms with E-state index in [0.29, 0.717) is 12.5 Å². The SMILES string of the molecule is C[C@@](O)(c1ccc(N2Cc3c(ccnc3-c3ccccc3OCC(F)(F)F)C2=O)cc1)C(F)(F)F. The van der Waals surface area contributed by atoms with Crippen LogP contribution in [0.1, 0.15) is 28.4 Å². The number of alkyl halides is 6. The lowest BCUT2D eigenvalue weighted by Gasteiger charge is -2.27. The molecule has 1 aliphatic rings. The van der Waals surface area contributed by atoms with Gasteiger partial charge in [-0.3, -0.25) is 9.78 Å². The quantitative estimate of drug-likeness (QED) is 0.466. The predicted octanol–water partition coefficient (Wildman–Crippen LogP) is 5.62. The van der Waals surface area contributed by atoms with Crippen molar-refractivity contribution in [3.8, 4) is 17.0 Å². The van der Waals surface area contributed by atoms with Gasteiger partial charge in [-0.2, -0.15) is 26.3 Å². The van der Waals surface area contributed by atoms with Gasteiger partial charge in [0.15, 0.2) is 12.2 Å². The van der Waals surface area contributed by atoms with Crippen LogP contribution < -0.4 is 9.64 Å². The molecule has 2 heterocycles. The average molecular weight is 496 g/mol. The van der Waals surface area contributed by atoms with Gasteiger partial charge in [-0.05, 0) is 42.8 Å². The van der Waals surface area contributed by atoms with E-state index < -0.39 is 36.0 Å². The molecule has 0 fully saturated rings. The molecule has 1 aromatic heterocycles. The summed E-state index contributed by atoms with van der Waals surface area (Å²) in [7, 11) is 0. The van der Waals surface area contributed by atoms with E-state index in [2.05, 4.69) is 4.98 Å². The van der Waals surface area contributed by atoms with E-state index in [1.807, 2.05) is 0 Å². The molecular weight excluding hydrogens is 478 g/mol. The summed E-state index contributed by atoms with van der Waals surface area (Å²) in [5.74, 6) is -0.511. The number of hydrogen-bond acceptors (Lipinski definition) is 4. The molecule has 1 N–H and O–H groups in total. The maximum atomic E-state index is 13.1. The van der Waals surface area contributed by atoms with Gasteiger partial charge in [0.25, 0.3) is 5.91 Å². The Hall–Kier alpha value is -3.60. The normalized spacial score (nSPS) is 15.7. The van der Waals surface area contributed by atoms with Crippen LogP contribution in [-0.2, 0) is 12.1 Å². The van der Waals surface area contributed by atoms with E-state index >= 15 is 0 Å². The molecule has 2 aromatic carbocycles. The second-order valence-electron chi connectivity index (χ2n) is 8.09. The van der Waals surface area contributed by atoms with E-state index in [-0.39, 0.29) is 34.8 Å². The molecule has 0 spiro atoms. The number of ether oxygens (including phenoxy) is 1. The first-order valence-electron chi connectivity index (χ1n) is 10.3. The van der Waals surface area contributed by atoms with Crippen molar-refractivity contribution in [1.29, 1.82) is 0 Å². The smallest absolute Gasteiger partial charge is 0.422 e. The number of fused-ring (bicyclic) bond motifs is 1. The molecule has 1 aliphatic heterocycles. The van der Waals surface area contributed by atoms with Crippen molar-refractivity contribution in [2.45, 2.75) is 31.4 Å². The van der Waals surface area contributed by atoms with Gasteiger partial charge in [0.05, 0.1) is 12.2 Å². The minimum absolute atomic E-state index is 0.0139. The number of benzene rings is 2. The molecule has 0 unspecified atom stereocenters. The average Bonchev–Trinajstić information content (AvgIpc) is 3.13. The van der Waals surface area contributed by atoms with Crippen LogP contribution >= 0.6 is 0 Å². The molecule has 0 saturated carbocycles. The van der Waals surface area contributed by atoms with Crippen molar-refractivity contribution in [1.82, 2.24) is 4.98 Å². The lowest BCUT2D eigenvalue weighted by atomic mass is 9.95. The van der Waals surface area contributed by atoms with E-state index in [0.717, 1.165) is 12.1 Å². The fourth-order valence-electron chi connectivity index (χ4n) is 3.75. The highest BCUT2D eigenvalue weighted by Crippen LogP contribution is 2.41. The molecular formula is C24H18F6N2O3. The summed E-state index contributed by atoms with van der Waals surface area (Å²) in [6.45, 7) is -0.882. The highest BCUT2D eigenvalue weighted by molar-refractivity contribution is 6.11. The standard InChI is InChI=1S/C24H18F6N2O3/c1-22(34,24(28,29)30)14-6-8-15(9-7-14)32-12-18-16(21(32)33)10-11-31-20(18)17-4-2-3-5-19(17)35-13-23(25,26)27/h2-11,34H,12-13H2,1H3/t22-/m1/s1. The summed E-state index contributed by atoms with van der Waals surface area (Å²) in [6, 6.07) is 12.2. The summed E-state index contributed by atoms with van der Waals surface area (Å²) in [4.78, 5) is 18.6. The molecule has 35 heavy (non-hydrogen) atoms. The van der Waals surface area contributed by atoms with Crippen LogP contribution in [0.15, 0.2) is 60.8 Å². The molecule has 0 aliphatic carbocycles. The third-order valence-electron chi connectivity index (χ3n) is 5.67. The molecule has 1 amide bonds. The van der Waals surface area contributed by atoms with Gasteiger partial charge >= 0.3 is 12.4 Å². The lowest BCUT2D eigenvalue weighted by molar-refractivity contribution is -0.258. The monoisotopic (exact) mass is 496 g/mol. The number of aliphatic hydroxyl groups is 1. The van der Waals surface area contributed by atoms with Crippen molar-refractivity contribution in [2.24, 2.45) is 0 Å². The number of amides is 1. The number of hydrogen-bond donors (Lipinski definition) is 1. The predicted molar refractivity (Wildman–Crippen MR) is 114 cm³/mol. The lowest BCUT2D eigenvalue weighted by Crippen LogP contribution is -2.39. The van der Waals surface area contributed by atoms with Gasteiger partial charge in [-0.15, -0.1) is 0 Å². The van der Waals surface area contributed by atoms with Crippen molar-refractivity contribution < 1.29 is 41.0 Å². The van der Waals surface area contributed by atoms with Gasteiger partial charge in [-0.1, -0.05) is 24.3 Å². The maximum absolute atomic E-state index is 13.1. The zero-order valence-corrected chi connectivity index (χ0v) is 18.1. The molecule has 1 atom stereocenters. The van der Waals surface area contributed by atoms with Crippen LogP contribution in [0.2, 0.25) is 0 Å². The van der Waals surface area contributed by atoms with Crippen molar-refractivity contribution in [3.63, 3.8) is 0 Å². The summed E-state index contributed by atoms with van der Waals surface area (Å²) in [5, 5.41) is 9.86. The van der Waals surface area contributed by atoms with Crippen LogP contribution in [0.3, 0.4) is 0 Å². The van der Waals surface area contributed by atoms with Crippen LogP contribution in [0, 0.1) is 0 Å². The third kappa shape index (κ3) is 4.68. The van der Waals surface area contributed by atoms with Gasteiger partial charge in [0, 0.05) is 28.6 Å². The topological polar surface area (TPSA) is 62.7 Å². The number of halogens is 6. The molecule has 0 bridgehead atoms. The zero-order valence-electron chi connectivity index (χ0n) is 18.1. The van der Waals surface area contributed by atoms with Crippen molar-refractivity contribution >= 4 is 11.6 Å². The number of pyridine rings is 1. The van der Waals surface area contributed by atoms with Gasteiger partial charge < -0.3 is 14.7 Å². The fraction of sp³-hybridized carbons (Fsp3) is 0.250. The Labute approximate surface area is 195 Å². The fourth-order valence-corrected chi connectivity index (χ4v) is 3.75. The van der Waals surface area contributed by atoms with Crippen LogP contribution in [0.4, 0.5) is 32.0 Å². The second-order valence-corrected chi connectivity index (χ2v) is 8.09. The van der Waals surface area contributed by atoms with E-state index in [1.54, 1.807) is 6.07 Å². The molecule has 184 valence electrons. The Bertz CT molecular complexity index is 1250. The van der Waals surface area contributed by atoms with Gasteiger partial charge in [0.2, 0.25) is 0 Å². The Morgan fingerprint density at radius 3 is 2.26 bits per heavy atom. The number of aromatic nitrogens is 1. The second kappa shape index (κ2) is 8.56. The Morgan fingerprint density at radius 1 is 0.971 bits per heavy atom. The molecule has 4 rings (SSSR count). The zero-order chi connectivity index (χ0) is 25.6. The molecule has 0 radical (unpaired) electrons. The van der Waals surface area contributed by atoms with Crippen molar-refractivity contribution in [3.05, 3.63) is 77.5 Å².